The van der Waals surface area contributed by atoms with Crippen LogP contribution in [0.4, 0.5) is 20.6 Å². The summed E-state index contributed by atoms with van der Waals surface area (Å²) in [6, 6.07) is 14.8. The third-order valence-electron chi connectivity index (χ3n) is 6.79. The number of nitrogens with one attached hydrogen (secondary N) is 1. The number of benzene rings is 2. The monoisotopic (exact) mass is 438 g/mol. The van der Waals surface area contributed by atoms with Crippen LogP contribution in [0.15, 0.2) is 48.5 Å². The summed E-state index contributed by atoms with van der Waals surface area (Å²) in [5.74, 6) is 0.177. The maximum Gasteiger partial charge on any atom is 0.321 e. The zero-order valence-electron chi connectivity index (χ0n) is 18.8. The molecule has 0 aliphatic carbocycles. The smallest absolute Gasteiger partial charge is 0.321 e. The molecule has 1 unspecified atom stereocenters. The first kappa shape index (κ1) is 22.1. The van der Waals surface area contributed by atoms with Crippen molar-refractivity contribution in [2.24, 2.45) is 0 Å². The number of hydrogen-bond donors (Lipinski definition) is 1. The van der Waals surface area contributed by atoms with Crippen LogP contribution in [0.1, 0.15) is 37.7 Å². The van der Waals surface area contributed by atoms with Crippen LogP contribution < -0.4 is 10.2 Å². The van der Waals surface area contributed by atoms with Crippen molar-refractivity contribution >= 4 is 23.3 Å². The van der Waals surface area contributed by atoms with Crippen molar-refractivity contribution < 1.29 is 14.0 Å². The number of hydrogen-bond acceptors (Lipinski definition) is 3. The Labute approximate surface area is 189 Å². The number of nitrogens with zero attached hydrogens (tertiary/aromatic N) is 3. The molecule has 0 radical (unpaired) electrons. The molecular formula is C25H31FN4O2. The molecular weight excluding hydrogens is 407 g/mol. The number of anilines is 2. The second-order valence-corrected chi connectivity index (χ2v) is 8.81. The number of halogens is 1. The summed E-state index contributed by atoms with van der Waals surface area (Å²) in [5.41, 5.74) is 2.88. The molecule has 2 heterocycles. The second-order valence-electron chi connectivity index (χ2n) is 8.81. The van der Waals surface area contributed by atoms with Gasteiger partial charge < -0.3 is 20.0 Å². The summed E-state index contributed by atoms with van der Waals surface area (Å²) >= 11 is 0. The Morgan fingerprint density at radius 1 is 1.03 bits per heavy atom. The minimum Gasteiger partial charge on any atom is -0.369 e. The van der Waals surface area contributed by atoms with Gasteiger partial charge in [0.1, 0.15) is 5.82 Å². The van der Waals surface area contributed by atoms with Crippen molar-refractivity contribution in [3.05, 3.63) is 59.9 Å². The highest BCUT2D eigenvalue weighted by atomic mass is 19.1. The van der Waals surface area contributed by atoms with Crippen LogP contribution in [0.5, 0.6) is 0 Å². The molecule has 1 N–H and O–H groups in total. The number of piperidine rings is 1. The Hall–Kier alpha value is -3.09. The predicted octanol–water partition coefficient (Wildman–Crippen LogP) is 4.29. The average molecular weight is 439 g/mol. The lowest BCUT2D eigenvalue weighted by Crippen LogP contribution is -2.40. The molecule has 7 heteroatoms. The van der Waals surface area contributed by atoms with E-state index in [4.69, 9.17) is 0 Å². The molecule has 2 saturated heterocycles. The molecule has 1 atom stereocenters. The van der Waals surface area contributed by atoms with Crippen molar-refractivity contribution in [2.45, 2.75) is 38.1 Å². The molecule has 6 nitrogen and oxygen atoms in total. The first-order valence-corrected chi connectivity index (χ1v) is 11.3. The zero-order valence-corrected chi connectivity index (χ0v) is 18.8. The predicted molar refractivity (Wildman–Crippen MR) is 124 cm³/mol. The van der Waals surface area contributed by atoms with E-state index in [9.17, 15) is 14.0 Å². The summed E-state index contributed by atoms with van der Waals surface area (Å²) in [7, 11) is 1.86. The molecule has 4 rings (SSSR count). The number of likely N-dealkylation sites (tertiary alicyclic amines) is 1. The number of carbonyl (C=O) groups is 2. The fraction of sp³-hybridized carbons (Fsp3) is 0.440. The molecule has 32 heavy (non-hydrogen) atoms. The third-order valence-corrected chi connectivity index (χ3v) is 6.79. The number of rotatable bonds is 4. The van der Waals surface area contributed by atoms with Gasteiger partial charge in [-0.05, 0) is 67.1 Å². The van der Waals surface area contributed by atoms with E-state index in [0.29, 0.717) is 19.0 Å². The fourth-order valence-corrected chi connectivity index (χ4v) is 4.68. The maximum atomic E-state index is 13.5. The van der Waals surface area contributed by atoms with Crippen LogP contribution in [-0.4, -0.2) is 61.0 Å². The molecule has 170 valence electrons. The van der Waals surface area contributed by atoms with Gasteiger partial charge in [-0.15, -0.1) is 0 Å². The van der Waals surface area contributed by atoms with Crippen molar-refractivity contribution in [2.75, 3.05) is 43.4 Å². The van der Waals surface area contributed by atoms with E-state index in [2.05, 4.69) is 10.2 Å². The zero-order chi connectivity index (χ0) is 22.7. The van der Waals surface area contributed by atoms with Gasteiger partial charge in [0.2, 0.25) is 5.91 Å². The van der Waals surface area contributed by atoms with E-state index in [1.807, 2.05) is 47.2 Å². The minimum absolute atomic E-state index is 0.0925. The molecule has 2 aromatic carbocycles. The summed E-state index contributed by atoms with van der Waals surface area (Å²) in [6.07, 6.45) is 2.63. The van der Waals surface area contributed by atoms with E-state index in [1.165, 1.54) is 6.07 Å². The van der Waals surface area contributed by atoms with E-state index >= 15 is 0 Å². The summed E-state index contributed by atoms with van der Waals surface area (Å²) in [6.45, 7) is 4.65. The van der Waals surface area contributed by atoms with Gasteiger partial charge in [-0.3, -0.25) is 4.79 Å². The quantitative estimate of drug-likeness (QED) is 0.775. The largest absolute Gasteiger partial charge is 0.369 e. The topological polar surface area (TPSA) is 55.9 Å². The van der Waals surface area contributed by atoms with Gasteiger partial charge in [-0.2, -0.15) is 0 Å². The summed E-state index contributed by atoms with van der Waals surface area (Å²) in [4.78, 5) is 30.2. The summed E-state index contributed by atoms with van der Waals surface area (Å²) < 4.78 is 13.5. The van der Waals surface area contributed by atoms with Crippen molar-refractivity contribution in [1.82, 2.24) is 9.80 Å². The van der Waals surface area contributed by atoms with E-state index in [0.717, 1.165) is 49.3 Å². The standard InChI is InChI=1S/C25H31FN4O2/c1-18(31)28(2)24-12-15-30(17-24)23-8-6-22(7-9-23)27-25(32)29-13-10-19(11-14-29)20-4-3-5-21(26)16-20/h3-9,16,19,24H,10-15,17H2,1-2H3,(H,27,32). The van der Waals surface area contributed by atoms with Gasteiger partial charge in [-0.1, -0.05) is 12.1 Å². The lowest BCUT2D eigenvalue weighted by atomic mass is 9.89. The molecule has 2 aliphatic heterocycles. The van der Waals surface area contributed by atoms with E-state index < -0.39 is 0 Å². The maximum absolute atomic E-state index is 13.5. The van der Waals surface area contributed by atoms with Gasteiger partial charge in [-0.25, -0.2) is 9.18 Å². The lowest BCUT2D eigenvalue weighted by Gasteiger charge is -2.32. The number of likely N-dealkylation sites (N-methyl/N-ethyl adjacent to an activating group) is 1. The molecule has 2 aromatic rings. The lowest BCUT2D eigenvalue weighted by molar-refractivity contribution is -0.129. The van der Waals surface area contributed by atoms with Crippen molar-refractivity contribution in [3.63, 3.8) is 0 Å². The highest BCUT2D eigenvalue weighted by Crippen LogP contribution is 2.29. The van der Waals surface area contributed by atoms with Crippen molar-refractivity contribution in [3.8, 4) is 0 Å². The molecule has 3 amide bonds. The molecule has 0 spiro atoms. The Morgan fingerprint density at radius 2 is 1.75 bits per heavy atom. The van der Waals surface area contributed by atoms with Gasteiger partial charge >= 0.3 is 6.03 Å². The van der Waals surface area contributed by atoms with E-state index in [1.54, 1.807) is 19.1 Å². The minimum atomic E-state index is -0.207. The second kappa shape index (κ2) is 9.59. The Bertz CT molecular complexity index is 957. The Morgan fingerprint density at radius 3 is 2.41 bits per heavy atom. The molecule has 0 bridgehead atoms. The van der Waals surface area contributed by atoms with E-state index in [-0.39, 0.29) is 23.8 Å². The number of carbonyl (C=O) groups excluding carboxylic acids is 2. The SMILES string of the molecule is CC(=O)N(C)C1CCN(c2ccc(NC(=O)N3CCC(c4cccc(F)c4)CC3)cc2)C1. The van der Waals surface area contributed by atoms with Gasteiger partial charge in [0, 0.05) is 51.5 Å². The third kappa shape index (κ3) is 5.03. The van der Waals surface area contributed by atoms with Gasteiger partial charge in [0.05, 0.1) is 6.04 Å². The number of urea groups is 1. The highest BCUT2D eigenvalue weighted by Gasteiger charge is 2.27. The number of amides is 3. The van der Waals surface area contributed by atoms with Crippen LogP contribution in [0.2, 0.25) is 0 Å². The first-order chi connectivity index (χ1) is 15.4. The van der Waals surface area contributed by atoms with Crippen LogP contribution in [0.3, 0.4) is 0 Å². The Kier molecular flexibility index (Phi) is 6.63. The first-order valence-electron chi connectivity index (χ1n) is 11.3. The van der Waals surface area contributed by atoms with Gasteiger partial charge in [0.25, 0.3) is 0 Å². The van der Waals surface area contributed by atoms with Crippen LogP contribution in [0, 0.1) is 5.82 Å². The fourth-order valence-electron chi connectivity index (χ4n) is 4.68. The normalized spacial score (nSPS) is 19.2. The van der Waals surface area contributed by atoms with Crippen LogP contribution in [-0.2, 0) is 4.79 Å². The molecule has 0 aromatic heterocycles. The summed E-state index contributed by atoms with van der Waals surface area (Å²) in [5, 5.41) is 2.99. The highest BCUT2D eigenvalue weighted by molar-refractivity contribution is 5.89. The van der Waals surface area contributed by atoms with Crippen molar-refractivity contribution in [1.29, 1.82) is 0 Å². The molecule has 2 fully saturated rings. The molecule has 0 saturated carbocycles. The van der Waals surface area contributed by atoms with Crippen LogP contribution in [0.25, 0.3) is 0 Å². The molecule has 2 aliphatic rings. The Balaban J connectivity index is 1.28. The van der Waals surface area contributed by atoms with Crippen LogP contribution >= 0.6 is 0 Å². The van der Waals surface area contributed by atoms with Gasteiger partial charge in [0.15, 0.2) is 0 Å². The average Bonchev–Trinajstić information content (AvgIpc) is 3.29.